The van der Waals surface area contributed by atoms with Gasteiger partial charge in [-0.15, -0.1) is 0 Å². The molecule has 4 aromatic rings. The molecule has 0 spiro atoms. The lowest BCUT2D eigenvalue weighted by atomic mass is 9.96. The predicted molar refractivity (Wildman–Crippen MR) is 144 cm³/mol. The maximum Gasteiger partial charge on any atom is 0.332 e. The Labute approximate surface area is 209 Å². The van der Waals surface area contributed by atoms with E-state index in [1.807, 2.05) is 44.2 Å². The van der Waals surface area contributed by atoms with E-state index in [9.17, 15) is 14.9 Å². The third kappa shape index (κ3) is 4.54. The first-order valence-electron chi connectivity index (χ1n) is 12.1. The molecule has 0 fully saturated rings. The summed E-state index contributed by atoms with van der Waals surface area (Å²) >= 11 is 0. The molecule has 0 saturated heterocycles. The van der Waals surface area contributed by atoms with Crippen molar-refractivity contribution in [1.82, 2.24) is 4.57 Å². The van der Waals surface area contributed by atoms with Gasteiger partial charge < -0.3 is 14.3 Å². The van der Waals surface area contributed by atoms with Gasteiger partial charge in [-0.1, -0.05) is 17.3 Å². The minimum Gasteiger partial charge on any atom is -0.372 e. The molecule has 186 valence electrons. The lowest BCUT2D eigenvalue weighted by molar-refractivity contribution is -0.384. The number of hydrogen-bond acceptors (Lipinski definition) is 6. The van der Waals surface area contributed by atoms with Crippen LogP contribution in [0.1, 0.15) is 44.4 Å². The Hall–Kier alpha value is -4.20. The van der Waals surface area contributed by atoms with Crippen LogP contribution in [0.15, 0.2) is 59.8 Å². The van der Waals surface area contributed by atoms with Gasteiger partial charge in [0.15, 0.2) is 0 Å². The molecule has 0 saturated carbocycles. The van der Waals surface area contributed by atoms with Crippen molar-refractivity contribution < 1.29 is 14.6 Å². The molecule has 1 aromatic heterocycles. The molecule has 0 aliphatic heterocycles. The summed E-state index contributed by atoms with van der Waals surface area (Å²) in [6, 6.07) is 17.0. The smallest absolute Gasteiger partial charge is 0.332 e. The van der Waals surface area contributed by atoms with Crippen LogP contribution >= 0.6 is 0 Å². The molecule has 8 nitrogen and oxygen atoms in total. The zero-order chi connectivity index (χ0) is 26.0. The number of nitro groups is 1. The van der Waals surface area contributed by atoms with Crippen LogP contribution in [0.4, 0.5) is 11.4 Å². The Morgan fingerprint density at radius 1 is 1.00 bits per heavy atom. The SMILES string of the molecule is CCN(CC)c1ccc(C(=NOC(C)=O)c2ccc3c(c2)c2cc([N+](=O)[O-])ccc2n3CC)c(C)c1. The van der Waals surface area contributed by atoms with E-state index in [1.165, 1.54) is 13.0 Å². The Balaban J connectivity index is 1.93. The van der Waals surface area contributed by atoms with Crippen LogP contribution in [0.3, 0.4) is 0 Å². The molecule has 1 heterocycles. The van der Waals surface area contributed by atoms with Crippen LogP contribution in [-0.2, 0) is 16.2 Å². The number of aryl methyl sites for hydroxylation is 2. The summed E-state index contributed by atoms with van der Waals surface area (Å²) in [6.07, 6.45) is 0. The topological polar surface area (TPSA) is 90.0 Å². The highest BCUT2D eigenvalue weighted by atomic mass is 16.7. The number of fused-ring (bicyclic) bond motifs is 3. The van der Waals surface area contributed by atoms with Gasteiger partial charge in [-0.3, -0.25) is 10.1 Å². The molecule has 0 N–H and O–H groups in total. The number of nitro benzene ring substituents is 1. The molecule has 0 radical (unpaired) electrons. The number of carbonyl (C=O) groups is 1. The monoisotopic (exact) mass is 486 g/mol. The third-order valence-corrected chi connectivity index (χ3v) is 6.51. The number of nitrogens with zero attached hydrogens (tertiary/aromatic N) is 4. The summed E-state index contributed by atoms with van der Waals surface area (Å²) in [7, 11) is 0. The van der Waals surface area contributed by atoms with E-state index in [2.05, 4.69) is 34.5 Å². The van der Waals surface area contributed by atoms with E-state index in [0.717, 1.165) is 63.8 Å². The minimum atomic E-state index is -0.510. The average Bonchev–Trinajstić information content (AvgIpc) is 3.18. The van der Waals surface area contributed by atoms with E-state index in [1.54, 1.807) is 12.1 Å². The van der Waals surface area contributed by atoms with Crippen molar-refractivity contribution >= 4 is 44.9 Å². The summed E-state index contributed by atoms with van der Waals surface area (Å²) in [4.78, 5) is 30.1. The Morgan fingerprint density at radius 3 is 2.25 bits per heavy atom. The highest BCUT2D eigenvalue weighted by molar-refractivity contribution is 6.17. The van der Waals surface area contributed by atoms with Crippen LogP contribution in [0.2, 0.25) is 0 Å². The fourth-order valence-corrected chi connectivity index (χ4v) is 4.76. The van der Waals surface area contributed by atoms with Gasteiger partial charge in [0, 0.05) is 77.3 Å². The lowest BCUT2D eigenvalue weighted by Crippen LogP contribution is -2.22. The molecule has 8 heteroatoms. The Bertz CT molecular complexity index is 1500. The second kappa shape index (κ2) is 10.2. The van der Waals surface area contributed by atoms with Crippen LogP contribution in [-0.4, -0.2) is 34.3 Å². The number of non-ortho nitro benzene ring substituents is 1. The normalized spacial score (nSPS) is 11.8. The number of hydrogen-bond donors (Lipinski definition) is 0. The van der Waals surface area contributed by atoms with E-state index in [0.29, 0.717) is 5.71 Å². The van der Waals surface area contributed by atoms with Gasteiger partial charge in [-0.2, -0.15) is 0 Å². The van der Waals surface area contributed by atoms with Gasteiger partial charge in [0.25, 0.3) is 5.69 Å². The van der Waals surface area contributed by atoms with Gasteiger partial charge >= 0.3 is 5.97 Å². The molecule has 0 atom stereocenters. The quantitative estimate of drug-likeness (QED) is 0.128. The Morgan fingerprint density at radius 2 is 1.67 bits per heavy atom. The molecule has 0 bridgehead atoms. The zero-order valence-corrected chi connectivity index (χ0v) is 21.2. The lowest BCUT2D eigenvalue weighted by Gasteiger charge is -2.22. The van der Waals surface area contributed by atoms with Crippen molar-refractivity contribution in [1.29, 1.82) is 0 Å². The van der Waals surface area contributed by atoms with Crippen LogP contribution < -0.4 is 4.90 Å². The molecule has 0 aliphatic rings. The summed E-state index contributed by atoms with van der Waals surface area (Å²) in [5.41, 5.74) is 6.17. The number of rotatable bonds is 8. The van der Waals surface area contributed by atoms with Crippen LogP contribution in [0.5, 0.6) is 0 Å². The first-order chi connectivity index (χ1) is 17.3. The Kier molecular flexibility index (Phi) is 7.05. The highest BCUT2D eigenvalue weighted by Crippen LogP contribution is 2.33. The van der Waals surface area contributed by atoms with E-state index < -0.39 is 5.97 Å². The summed E-state index contributed by atoms with van der Waals surface area (Å²) < 4.78 is 2.13. The predicted octanol–water partition coefficient (Wildman–Crippen LogP) is 6.19. The van der Waals surface area contributed by atoms with Gasteiger partial charge in [-0.05, 0) is 63.6 Å². The molecule has 0 aliphatic carbocycles. The second-order valence-electron chi connectivity index (χ2n) is 8.63. The fraction of sp³-hybridized carbons (Fsp3) is 0.286. The minimum absolute atomic E-state index is 0.0414. The van der Waals surface area contributed by atoms with Crippen molar-refractivity contribution in [2.75, 3.05) is 18.0 Å². The zero-order valence-electron chi connectivity index (χ0n) is 21.2. The van der Waals surface area contributed by atoms with Gasteiger partial charge in [0.1, 0.15) is 5.71 Å². The maximum absolute atomic E-state index is 11.6. The van der Waals surface area contributed by atoms with Crippen molar-refractivity contribution in [3.05, 3.63) is 81.4 Å². The van der Waals surface area contributed by atoms with Crippen molar-refractivity contribution in [2.24, 2.45) is 5.16 Å². The van der Waals surface area contributed by atoms with E-state index >= 15 is 0 Å². The van der Waals surface area contributed by atoms with Crippen molar-refractivity contribution in [3.63, 3.8) is 0 Å². The molecular weight excluding hydrogens is 456 g/mol. The number of carbonyl (C=O) groups excluding carboxylic acids is 1. The molecular formula is C28H30N4O4. The number of oxime groups is 1. The van der Waals surface area contributed by atoms with E-state index in [4.69, 9.17) is 4.84 Å². The number of anilines is 1. The van der Waals surface area contributed by atoms with E-state index in [-0.39, 0.29) is 10.6 Å². The fourth-order valence-electron chi connectivity index (χ4n) is 4.76. The summed E-state index contributed by atoms with van der Waals surface area (Å²) in [5.74, 6) is -0.510. The second-order valence-corrected chi connectivity index (χ2v) is 8.63. The maximum atomic E-state index is 11.6. The summed E-state index contributed by atoms with van der Waals surface area (Å²) in [5, 5.41) is 17.4. The highest BCUT2D eigenvalue weighted by Gasteiger charge is 2.18. The largest absolute Gasteiger partial charge is 0.372 e. The molecule has 3 aromatic carbocycles. The van der Waals surface area contributed by atoms with Crippen molar-refractivity contribution in [2.45, 2.75) is 41.2 Å². The third-order valence-electron chi connectivity index (χ3n) is 6.51. The van der Waals surface area contributed by atoms with Gasteiger partial charge in [-0.25, -0.2) is 4.79 Å². The number of benzene rings is 3. The standard InChI is InChI=1S/C28H30N4O4/c1-6-30(7-2)21-10-12-23(18(4)15-21)28(29-36-19(5)33)20-9-13-26-24(16-20)25-17-22(32(34)35)11-14-27(25)31(26)8-3/h9-17H,6-8H2,1-5H3. The molecule has 0 amide bonds. The van der Waals surface area contributed by atoms with Crippen molar-refractivity contribution in [3.8, 4) is 0 Å². The van der Waals surface area contributed by atoms with Crippen LogP contribution in [0.25, 0.3) is 21.8 Å². The summed E-state index contributed by atoms with van der Waals surface area (Å²) in [6.45, 7) is 12.1. The average molecular weight is 487 g/mol. The van der Waals surface area contributed by atoms with Gasteiger partial charge in [0.05, 0.1) is 4.92 Å². The molecule has 4 rings (SSSR count). The first-order valence-corrected chi connectivity index (χ1v) is 12.1. The van der Waals surface area contributed by atoms with Gasteiger partial charge in [0.2, 0.25) is 0 Å². The number of aromatic nitrogens is 1. The first kappa shape index (κ1) is 24.9. The molecule has 36 heavy (non-hydrogen) atoms. The molecule has 0 unspecified atom stereocenters. The van der Waals surface area contributed by atoms with Crippen LogP contribution in [0, 0.1) is 17.0 Å².